The molecule has 0 saturated heterocycles. The second-order valence-corrected chi connectivity index (χ2v) is 7.13. The molecule has 0 aliphatic carbocycles. The monoisotopic (exact) mass is 357 g/mol. The van der Waals surface area contributed by atoms with Gasteiger partial charge in [-0.2, -0.15) is 0 Å². The summed E-state index contributed by atoms with van der Waals surface area (Å²) in [4.78, 5) is 0.221. The van der Waals surface area contributed by atoms with Crippen molar-refractivity contribution < 1.29 is 12.8 Å². The van der Waals surface area contributed by atoms with E-state index in [1.54, 1.807) is 18.2 Å². The van der Waals surface area contributed by atoms with E-state index in [1.165, 1.54) is 24.3 Å². The maximum atomic E-state index is 13.4. The zero-order valence-corrected chi connectivity index (χ0v) is 12.9. The summed E-state index contributed by atoms with van der Waals surface area (Å²) in [6, 6.07) is 10.8. The third-order valence-electron chi connectivity index (χ3n) is 2.86. The first-order chi connectivity index (χ1) is 9.44. The van der Waals surface area contributed by atoms with Crippen molar-refractivity contribution in [2.24, 2.45) is 5.73 Å². The lowest BCUT2D eigenvalue weighted by molar-refractivity contribution is 0.593. The minimum atomic E-state index is -3.49. The lowest BCUT2D eigenvalue weighted by Crippen LogP contribution is -2.07. The Kier molecular flexibility index (Phi) is 4.57. The third kappa shape index (κ3) is 3.26. The molecule has 2 rings (SSSR count). The molecule has 6 heteroatoms. The van der Waals surface area contributed by atoms with Crippen molar-refractivity contribution in [2.45, 2.75) is 17.2 Å². The molecule has 106 valence electrons. The van der Waals surface area contributed by atoms with Crippen molar-refractivity contribution in [1.82, 2.24) is 0 Å². The van der Waals surface area contributed by atoms with Gasteiger partial charge in [0.2, 0.25) is 0 Å². The quantitative estimate of drug-likeness (QED) is 0.914. The van der Waals surface area contributed by atoms with E-state index in [0.29, 0.717) is 15.6 Å². The highest BCUT2D eigenvalue weighted by molar-refractivity contribution is 9.10. The average Bonchev–Trinajstić information content (AvgIpc) is 2.41. The summed E-state index contributed by atoms with van der Waals surface area (Å²) >= 11 is 3.23. The number of rotatable bonds is 4. The summed E-state index contributed by atoms with van der Waals surface area (Å²) in [5, 5.41) is 0. The van der Waals surface area contributed by atoms with Crippen LogP contribution in [0.4, 0.5) is 4.39 Å². The van der Waals surface area contributed by atoms with E-state index >= 15 is 0 Å². The van der Waals surface area contributed by atoms with Crippen LogP contribution < -0.4 is 5.73 Å². The fourth-order valence-corrected chi connectivity index (χ4v) is 4.32. The van der Waals surface area contributed by atoms with E-state index in [2.05, 4.69) is 15.9 Å². The Morgan fingerprint density at radius 2 is 1.85 bits per heavy atom. The molecule has 0 atom stereocenters. The fourth-order valence-electron chi connectivity index (χ4n) is 1.87. The Morgan fingerprint density at radius 3 is 2.50 bits per heavy atom. The molecule has 2 N–H and O–H groups in total. The van der Waals surface area contributed by atoms with Gasteiger partial charge in [0.25, 0.3) is 0 Å². The number of sulfone groups is 1. The van der Waals surface area contributed by atoms with E-state index in [-0.39, 0.29) is 17.2 Å². The summed E-state index contributed by atoms with van der Waals surface area (Å²) in [6.45, 7) is 0.0365. The van der Waals surface area contributed by atoms with Crippen molar-refractivity contribution in [3.8, 4) is 0 Å². The van der Waals surface area contributed by atoms with Crippen LogP contribution >= 0.6 is 15.9 Å². The molecular formula is C14H13BrFNO2S. The van der Waals surface area contributed by atoms with E-state index in [4.69, 9.17) is 5.73 Å². The third-order valence-corrected chi connectivity index (χ3v) is 5.55. The molecule has 0 heterocycles. The number of benzene rings is 2. The molecule has 2 aromatic rings. The Morgan fingerprint density at radius 1 is 1.15 bits per heavy atom. The second-order valence-electron chi connectivity index (χ2n) is 4.32. The number of halogens is 2. The standard InChI is InChI=1S/C14H13BrFNO2S/c15-12-3-1-2-4-14(12)20(18,19)9-10-5-6-13(16)11(7-10)8-17/h1-7H,8-9,17H2. The van der Waals surface area contributed by atoms with E-state index < -0.39 is 15.7 Å². The summed E-state index contributed by atoms with van der Waals surface area (Å²) in [6.07, 6.45) is 0. The Labute approximate surface area is 125 Å². The second kappa shape index (κ2) is 6.03. The molecule has 0 aromatic heterocycles. The molecule has 0 spiro atoms. The van der Waals surface area contributed by atoms with E-state index in [1.807, 2.05) is 0 Å². The molecule has 0 radical (unpaired) electrons. The normalized spacial score (nSPS) is 11.6. The van der Waals surface area contributed by atoms with Gasteiger partial charge in [0.05, 0.1) is 10.6 Å². The topological polar surface area (TPSA) is 60.2 Å². The maximum Gasteiger partial charge on any atom is 0.183 e. The lowest BCUT2D eigenvalue weighted by Gasteiger charge is -2.08. The summed E-state index contributed by atoms with van der Waals surface area (Å²) < 4.78 is 38.6. The first kappa shape index (κ1) is 15.2. The zero-order chi connectivity index (χ0) is 14.8. The van der Waals surface area contributed by atoms with E-state index in [9.17, 15) is 12.8 Å². The summed E-state index contributed by atoms with van der Waals surface area (Å²) in [7, 11) is -3.49. The Bertz CT molecular complexity index is 732. The average molecular weight is 358 g/mol. The predicted molar refractivity (Wildman–Crippen MR) is 79.3 cm³/mol. The van der Waals surface area contributed by atoms with Gasteiger partial charge in [-0.25, -0.2) is 12.8 Å². The first-order valence-corrected chi connectivity index (χ1v) is 8.33. The zero-order valence-electron chi connectivity index (χ0n) is 10.5. The van der Waals surface area contributed by atoms with Crippen molar-refractivity contribution in [3.05, 3.63) is 63.9 Å². The Hall–Kier alpha value is -1.24. The SMILES string of the molecule is NCc1cc(CS(=O)(=O)c2ccccc2Br)ccc1F. The molecule has 2 aromatic carbocycles. The van der Waals surface area contributed by atoms with Crippen molar-refractivity contribution in [2.75, 3.05) is 0 Å². The van der Waals surface area contributed by atoms with Crippen LogP contribution in [0, 0.1) is 5.82 Å². The fraction of sp³-hybridized carbons (Fsp3) is 0.143. The van der Waals surface area contributed by atoms with Crippen molar-refractivity contribution >= 4 is 25.8 Å². The predicted octanol–water partition coefficient (Wildman–Crippen LogP) is 3.02. The van der Waals surface area contributed by atoms with E-state index in [0.717, 1.165) is 0 Å². The molecule has 0 aliphatic heterocycles. The van der Waals surface area contributed by atoms with Crippen LogP contribution in [-0.4, -0.2) is 8.42 Å². The van der Waals surface area contributed by atoms with Gasteiger partial charge < -0.3 is 5.73 Å². The summed E-state index contributed by atoms with van der Waals surface area (Å²) in [5.74, 6) is -0.613. The number of hydrogen-bond acceptors (Lipinski definition) is 3. The maximum absolute atomic E-state index is 13.4. The molecule has 0 amide bonds. The van der Waals surface area contributed by atoms with Crippen LogP contribution in [0.15, 0.2) is 51.8 Å². The van der Waals surface area contributed by atoms with Gasteiger partial charge in [0, 0.05) is 16.6 Å². The molecule has 0 unspecified atom stereocenters. The van der Waals surface area contributed by atoms with Crippen molar-refractivity contribution in [3.63, 3.8) is 0 Å². The Balaban J connectivity index is 2.36. The molecule has 20 heavy (non-hydrogen) atoms. The molecular weight excluding hydrogens is 345 g/mol. The largest absolute Gasteiger partial charge is 0.326 e. The molecule has 3 nitrogen and oxygen atoms in total. The van der Waals surface area contributed by atoms with Crippen LogP contribution in [-0.2, 0) is 22.1 Å². The van der Waals surface area contributed by atoms with Gasteiger partial charge in [-0.15, -0.1) is 0 Å². The number of hydrogen-bond donors (Lipinski definition) is 1. The molecule has 0 saturated carbocycles. The van der Waals surface area contributed by atoms with Crippen LogP contribution in [0.5, 0.6) is 0 Å². The van der Waals surface area contributed by atoms with Gasteiger partial charge in [-0.05, 0) is 39.7 Å². The minimum Gasteiger partial charge on any atom is -0.326 e. The smallest absolute Gasteiger partial charge is 0.183 e. The lowest BCUT2D eigenvalue weighted by atomic mass is 10.1. The minimum absolute atomic E-state index is 0.0365. The van der Waals surface area contributed by atoms with Gasteiger partial charge in [0.1, 0.15) is 5.82 Å². The molecule has 0 aliphatic rings. The highest BCUT2D eigenvalue weighted by Crippen LogP contribution is 2.25. The molecule has 0 fully saturated rings. The number of nitrogens with two attached hydrogens (primary N) is 1. The highest BCUT2D eigenvalue weighted by Gasteiger charge is 2.18. The van der Waals surface area contributed by atoms with Crippen molar-refractivity contribution in [1.29, 1.82) is 0 Å². The van der Waals surface area contributed by atoms with Crippen LogP contribution in [0.25, 0.3) is 0 Å². The van der Waals surface area contributed by atoms with Gasteiger partial charge >= 0.3 is 0 Å². The van der Waals surface area contributed by atoms with Crippen LogP contribution in [0.3, 0.4) is 0 Å². The van der Waals surface area contributed by atoms with Gasteiger partial charge in [-0.3, -0.25) is 0 Å². The first-order valence-electron chi connectivity index (χ1n) is 5.88. The molecule has 0 bridgehead atoms. The van der Waals surface area contributed by atoms with Gasteiger partial charge in [-0.1, -0.05) is 24.3 Å². The van der Waals surface area contributed by atoms with Gasteiger partial charge in [0.15, 0.2) is 9.84 Å². The highest BCUT2D eigenvalue weighted by atomic mass is 79.9. The van der Waals surface area contributed by atoms with Crippen LogP contribution in [0.1, 0.15) is 11.1 Å². The van der Waals surface area contributed by atoms with Crippen LogP contribution in [0.2, 0.25) is 0 Å². The summed E-state index contributed by atoms with van der Waals surface area (Å²) in [5.41, 5.74) is 6.25.